The SMILES string of the molecule is CCCCCC(=O)N(C(=O)CCCCC)C(=O)OCc1cc2c(cc1[N+](=O)[O-])oc1ccc(OC)cc12. The van der Waals surface area contributed by atoms with Crippen LogP contribution in [0.1, 0.15) is 70.8 Å². The Bertz CT molecular complexity index is 1270. The maximum atomic E-state index is 12.9. The van der Waals surface area contributed by atoms with Crippen molar-refractivity contribution in [1.82, 2.24) is 4.90 Å². The molecule has 10 heteroatoms. The van der Waals surface area contributed by atoms with Crippen molar-refractivity contribution in [3.05, 3.63) is 46.0 Å². The van der Waals surface area contributed by atoms with Gasteiger partial charge in [-0.15, -0.1) is 0 Å². The Morgan fingerprint density at radius 3 is 2.11 bits per heavy atom. The van der Waals surface area contributed by atoms with Crippen molar-refractivity contribution >= 4 is 45.5 Å². The van der Waals surface area contributed by atoms with Gasteiger partial charge in [0.05, 0.1) is 23.7 Å². The number of carbonyl (C=O) groups is 3. The summed E-state index contributed by atoms with van der Waals surface area (Å²) in [6.07, 6.45) is 3.36. The van der Waals surface area contributed by atoms with Crippen molar-refractivity contribution < 1.29 is 33.2 Å². The van der Waals surface area contributed by atoms with E-state index in [2.05, 4.69) is 0 Å². The van der Waals surface area contributed by atoms with E-state index < -0.39 is 29.4 Å². The Hall–Kier alpha value is -3.95. The zero-order chi connectivity index (χ0) is 26.9. The van der Waals surface area contributed by atoms with Gasteiger partial charge in [-0.1, -0.05) is 39.5 Å². The molecule has 0 fully saturated rings. The molecule has 0 aliphatic rings. The number of rotatable bonds is 12. The number of methoxy groups -OCH3 is 1. The summed E-state index contributed by atoms with van der Waals surface area (Å²) in [6.45, 7) is 3.47. The van der Waals surface area contributed by atoms with Crippen LogP contribution in [-0.2, 0) is 20.9 Å². The predicted octanol–water partition coefficient (Wildman–Crippen LogP) is 6.66. The highest BCUT2D eigenvalue weighted by Gasteiger charge is 2.30. The van der Waals surface area contributed by atoms with Gasteiger partial charge in [0, 0.05) is 23.6 Å². The van der Waals surface area contributed by atoms with Crippen LogP contribution in [0.25, 0.3) is 21.9 Å². The molecule has 198 valence electrons. The number of unbranched alkanes of at least 4 members (excludes halogenated alkanes) is 4. The van der Waals surface area contributed by atoms with Crippen LogP contribution in [0.4, 0.5) is 10.5 Å². The van der Waals surface area contributed by atoms with Crippen molar-refractivity contribution in [3.8, 4) is 5.75 Å². The Kier molecular flexibility index (Phi) is 9.59. The minimum absolute atomic E-state index is 0.0391. The average Bonchev–Trinajstić information content (AvgIpc) is 3.24. The van der Waals surface area contributed by atoms with E-state index in [0.717, 1.165) is 25.7 Å². The molecule has 0 unspecified atom stereocenters. The molecule has 0 saturated carbocycles. The van der Waals surface area contributed by atoms with Gasteiger partial charge < -0.3 is 13.9 Å². The molecule has 3 rings (SSSR count). The second kappa shape index (κ2) is 12.8. The molecule has 37 heavy (non-hydrogen) atoms. The summed E-state index contributed by atoms with van der Waals surface area (Å²) in [5.41, 5.74) is 0.610. The summed E-state index contributed by atoms with van der Waals surface area (Å²) < 4.78 is 16.3. The van der Waals surface area contributed by atoms with Crippen LogP contribution in [-0.4, -0.2) is 34.8 Å². The minimum atomic E-state index is -1.13. The van der Waals surface area contributed by atoms with Crippen molar-refractivity contribution in [3.63, 3.8) is 0 Å². The Morgan fingerprint density at radius 2 is 1.54 bits per heavy atom. The molecule has 0 saturated heterocycles. The molecule has 0 bridgehead atoms. The van der Waals surface area contributed by atoms with E-state index in [-0.39, 0.29) is 24.1 Å². The number of hydrogen-bond acceptors (Lipinski definition) is 8. The summed E-state index contributed by atoms with van der Waals surface area (Å²) in [5, 5.41) is 13.0. The average molecular weight is 513 g/mol. The first-order valence-electron chi connectivity index (χ1n) is 12.5. The normalized spacial score (nSPS) is 11.0. The Balaban J connectivity index is 1.88. The molecule has 1 aromatic heterocycles. The topological polar surface area (TPSA) is 129 Å². The number of benzene rings is 2. The van der Waals surface area contributed by atoms with E-state index in [1.807, 2.05) is 13.8 Å². The lowest BCUT2D eigenvalue weighted by Gasteiger charge is -2.19. The molecule has 0 aliphatic heterocycles. The fourth-order valence-electron chi connectivity index (χ4n) is 4.07. The lowest BCUT2D eigenvalue weighted by Crippen LogP contribution is -2.42. The first kappa shape index (κ1) is 27.6. The summed E-state index contributed by atoms with van der Waals surface area (Å²) >= 11 is 0. The van der Waals surface area contributed by atoms with Crippen molar-refractivity contribution in [2.75, 3.05) is 7.11 Å². The zero-order valence-electron chi connectivity index (χ0n) is 21.4. The van der Waals surface area contributed by atoms with Crippen LogP contribution in [0.3, 0.4) is 0 Å². The lowest BCUT2D eigenvalue weighted by atomic mass is 10.1. The third kappa shape index (κ3) is 6.63. The largest absolute Gasteiger partial charge is 0.497 e. The van der Waals surface area contributed by atoms with Crippen molar-refractivity contribution in [2.24, 2.45) is 0 Å². The molecule has 0 atom stereocenters. The molecule has 2 aromatic carbocycles. The van der Waals surface area contributed by atoms with Crippen LogP contribution < -0.4 is 4.74 Å². The summed E-state index contributed by atoms with van der Waals surface area (Å²) in [4.78, 5) is 50.1. The number of fused-ring (bicyclic) bond motifs is 3. The number of ether oxygens (including phenoxy) is 2. The molecule has 10 nitrogen and oxygen atoms in total. The predicted molar refractivity (Wildman–Crippen MR) is 137 cm³/mol. The summed E-state index contributed by atoms with van der Waals surface area (Å²) in [6, 6.07) is 7.95. The quantitative estimate of drug-likeness (QED) is 0.150. The van der Waals surface area contributed by atoms with E-state index in [9.17, 15) is 24.5 Å². The number of carbonyl (C=O) groups excluding carboxylic acids is 3. The molecule has 0 N–H and O–H groups in total. The van der Waals surface area contributed by atoms with Gasteiger partial charge in [0.15, 0.2) is 0 Å². The van der Waals surface area contributed by atoms with E-state index in [4.69, 9.17) is 13.9 Å². The van der Waals surface area contributed by atoms with Gasteiger partial charge in [-0.25, -0.2) is 4.79 Å². The number of imide groups is 3. The second-order valence-corrected chi connectivity index (χ2v) is 8.79. The molecule has 3 amide bonds. The van der Waals surface area contributed by atoms with Crippen LogP contribution in [0.2, 0.25) is 0 Å². The van der Waals surface area contributed by atoms with Crippen LogP contribution in [0, 0.1) is 10.1 Å². The number of nitro groups is 1. The smallest absolute Gasteiger partial charge is 0.423 e. The van der Waals surface area contributed by atoms with Crippen LogP contribution in [0.5, 0.6) is 5.75 Å². The molecule has 1 heterocycles. The zero-order valence-corrected chi connectivity index (χ0v) is 21.4. The van der Waals surface area contributed by atoms with Gasteiger partial charge in [-0.05, 0) is 37.1 Å². The van der Waals surface area contributed by atoms with E-state index in [1.54, 1.807) is 18.2 Å². The summed E-state index contributed by atoms with van der Waals surface area (Å²) in [7, 11) is 1.53. The van der Waals surface area contributed by atoms with Gasteiger partial charge >= 0.3 is 6.09 Å². The van der Waals surface area contributed by atoms with Crippen molar-refractivity contribution in [2.45, 2.75) is 71.8 Å². The standard InChI is InChI=1S/C27H32N2O8/c1-4-6-8-10-25(30)28(26(31)11-9-7-5-2)27(32)36-17-18-14-20-21-15-19(35-3)12-13-23(21)37-24(20)16-22(18)29(33)34/h12-16H,4-11,17H2,1-3H3. The molecule has 0 aliphatic carbocycles. The first-order chi connectivity index (χ1) is 17.8. The maximum Gasteiger partial charge on any atom is 0.423 e. The van der Waals surface area contributed by atoms with Gasteiger partial charge in [-0.2, -0.15) is 4.90 Å². The number of furan rings is 1. The highest BCUT2D eigenvalue weighted by atomic mass is 16.6. The lowest BCUT2D eigenvalue weighted by molar-refractivity contribution is -0.385. The van der Waals surface area contributed by atoms with Gasteiger partial charge in [-0.3, -0.25) is 19.7 Å². The third-order valence-corrected chi connectivity index (χ3v) is 6.10. The molecule has 3 aromatic rings. The summed E-state index contributed by atoms with van der Waals surface area (Å²) in [5.74, 6) is -0.670. The highest BCUT2D eigenvalue weighted by Crippen LogP contribution is 2.35. The third-order valence-electron chi connectivity index (χ3n) is 6.10. The van der Waals surface area contributed by atoms with Crippen molar-refractivity contribution in [1.29, 1.82) is 0 Å². The molecule has 0 radical (unpaired) electrons. The highest BCUT2D eigenvalue weighted by molar-refractivity contribution is 6.09. The number of nitro benzene ring substituents is 1. The van der Waals surface area contributed by atoms with Gasteiger partial charge in [0.25, 0.3) is 5.69 Å². The number of amides is 3. The second-order valence-electron chi connectivity index (χ2n) is 8.79. The fourth-order valence-corrected chi connectivity index (χ4v) is 4.07. The number of nitrogens with zero attached hydrogens (tertiary/aromatic N) is 2. The first-order valence-corrected chi connectivity index (χ1v) is 12.5. The van der Waals surface area contributed by atoms with Gasteiger partial charge in [0.2, 0.25) is 11.8 Å². The monoisotopic (exact) mass is 512 g/mol. The molecule has 0 spiro atoms. The Labute approximate surface area is 214 Å². The number of hydrogen-bond donors (Lipinski definition) is 0. The van der Waals surface area contributed by atoms with Crippen LogP contribution >= 0.6 is 0 Å². The van der Waals surface area contributed by atoms with Gasteiger partial charge in [0.1, 0.15) is 23.5 Å². The van der Waals surface area contributed by atoms with E-state index in [1.165, 1.54) is 19.2 Å². The van der Waals surface area contributed by atoms with E-state index >= 15 is 0 Å². The molecular weight excluding hydrogens is 480 g/mol. The van der Waals surface area contributed by atoms with Crippen LogP contribution in [0.15, 0.2) is 34.7 Å². The van der Waals surface area contributed by atoms with E-state index in [0.29, 0.717) is 45.4 Å². The maximum absolute atomic E-state index is 12.9. The minimum Gasteiger partial charge on any atom is -0.497 e. The Morgan fingerprint density at radius 1 is 0.919 bits per heavy atom. The molecular formula is C27H32N2O8. The fraction of sp³-hybridized carbons (Fsp3) is 0.444.